The van der Waals surface area contributed by atoms with Crippen molar-refractivity contribution in [2.75, 3.05) is 6.54 Å². The van der Waals surface area contributed by atoms with Crippen LogP contribution in [0.1, 0.15) is 6.42 Å². The van der Waals surface area contributed by atoms with Crippen molar-refractivity contribution in [3.63, 3.8) is 0 Å². The molecule has 1 aliphatic heterocycles. The van der Waals surface area contributed by atoms with Gasteiger partial charge in [0.1, 0.15) is 0 Å². The number of hydrogen-bond donors (Lipinski definition) is 2. The highest BCUT2D eigenvalue weighted by molar-refractivity contribution is 5.20. The third-order valence-electron chi connectivity index (χ3n) is 1.19. The predicted octanol–water partition coefficient (Wildman–Crippen LogP) is 0.540. The van der Waals surface area contributed by atoms with Gasteiger partial charge >= 0.3 is 0 Å². The summed E-state index contributed by atoms with van der Waals surface area (Å²) in [6, 6.07) is 1.19. The summed E-state index contributed by atoms with van der Waals surface area (Å²) in [6.45, 7) is 0.709. The molecule has 1 heterocycles. The first kappa shape index (κ1) is 6.36. The highest BCUT2D eigenvalue weighted by Gasteiger charge is 2.01. The summed E-state index contributed by atoms with van der Waals surface area (Å²) in [6.07, 6.45) is 8.83. The Hall–Kier alpha value is -0.760. The van der Waals surface area contributed by atoms with Crippen LogP contribution in [0.4, 0.5) is 0 Å². The molecule has 0 aromatic carbocycles. The zero-order valence-corrected chi connectivity index (χ0v) is 5.30. The minimum Gasteiger partial charge on any atom is -0.379 e. The quantitative estimate of drug-likeness (QED) is 0.562. The molecule has 0 fully saturated rings. The van der Waals surface area contributed by atoms with E-state index >= 15 is 0 Å². The number of nitrogens with two attached hydrogens (primary N) is 1. The molecule has 3 N–H and O–H groups in total. The topological polar surface area (TPSA) is 38.0 Å². The summed E-state index contributed by atoms with van der Waals surface area (Å²) in [5, 5.41) is 3.09. The molecule has 1 radical (unpaired) electrons. The number of rotatable bonds is 2. The maximum Gasteiger partial charge on any atom is 0.0833 e. The maximum absolute atomic E-state index is 5.34. The average molecular weight is 123 g/mol. The minimum absolute atomic E-state index is 0.709. The molecule has 2 heteroatoms. The Kier molecular flexibility index (Phi) is 2.33. The molecule has 0 saturated heterocycles. The first-order valence-corrected chi connectivity index (χ1v) is 3.09. The van der Waals surface area contributed by atoms with E-state index in [9.17, 15) is 0 Å². The lowest BCUT2D eigenvalue weighted by Crippen LogP contribution is -2.18. The van der Waals surface area contributed by atoms with Crippen LogP contribution in [0.5, 0.6) is 0 Å². The van der Waals surface area contributed by atoms with Crippen LogP contribution in [0, 0.1) is 6.04 Å². The van der Waals surface area contributed by atoms with Gasteiger partial charge in [-0.15, -0.1) is 0 Å². The van der Waals surface area contributed by atoms with Crippen molar-refractivity contribution >= 4 is 0 Å². The van der Waals surface area contributed by atoms with E-state index in [1.165, 1.54) is 6.04 Å². The van der Waals surface area contributed by atoms with Gasteiger partial charge in [0.05, 0.1) is 6.04 Å². The van der Waals surface area contributed by atoms with Crippen LogP contribution in [0.3, 0.4) is 0 Å². The normalized spacial score (nSPS) is 17.9. The summed E-state index contributed by atoms with van der Waals surface area (Å²) >= 11 is 0. The highest BCUT2D eigenvalue weighted by atomic mass is 14.9. The monoisotopic (exact) mass is 123 g/mol. The van der Waals surface area contributed by atoms with Gasteiger partial charge in [0.2, 0.25) is 0 Å². The minimum atomic E-state index is 0.709. The first-order chi connectivity index (χ1) is 4.43. The molecule has 0 amide bonds. The Morgan fingerprint density at radius 1 is 1.44 bits per heavy atom. The molecule has 1 rings (SSSR count). The van der Waals surface area contributed by atoms with Crippen molar-refractivity contribution in [2.24, 2.45) is 5.73 Å². The van der Waals surface area contributed by atoms with Crippen molar-refractivity contribution < 1.29 is 0 Å². The highest BCUT2D eigenvalue weighted by Crippen LogP contribution is 2.05. The van der Waals surface area contributed by atoms with E-state index in [0.717, 1.165) is 6.42 Å². The van der Waals surface area contributed by atoms with E-state index in [1.807, 2.05) is 24.4 Å². The Bertz CT molecular complexity index is 127. The number of hydrogen-bond acceptors (Lipinski definition) is 2. The molecule has 0 atom stereocenters. The van der Waals surface area contributed by atoms with Crippen LogP contribution >= 0.6 is 0 Å². The lowest BCUT2D eigenvalue weighted by atomic mass is 10.1. The largest absolute Gasteiger partial charge is 0.379 e. The number of allylic oxidation sites excluding steroid dienone is 2. The lowest BCUT2D eigenvalue weighted by molar-refractivity contribution is 0.778. The maximum atomic E-state index is 5.34. The molecule has 49 valence electrons. The van der Waals surface area contributed by atoms with Crippen molar-refractivity contribution in [1.82, 2.24) is 5.32 Å². The average Bonchev–Trinajstić information content (AvgIpc) is 1.91. The second kappa shape index (κ2) is 3.30. The lowest BCUT2D eigenvalue weighted by Gasteiger charge is -2.12. The summed E-state index contributed by atoms with van der Waals surface area (Å²) < 4.78 is 0. The molecule has 1 aliphatic rings. The molecular formula is C7H11N2. The van der Waals surface area contributed by atoms with Crippen LogP contribution in [0.2, 0.25) is 0 Å². The van der Waals surface area contributed by atoms with Gasteiger partial charge < -0.3 is 11.1 Å². The van der Waals surface area contributed by atoms with E-state index in [0.29, 0.717) is 6.54 Å². The van der Waals surface area contributed by atoms with Crippen molar-refractivity contribution in [2.45, 2.75) is 6.42 Å². The molecule has 0 saturated carbocycles. The molecule has 0 aliphatic carbocycles. The Labute approximate surface area is 55.4 Å². The molecule has 2 nitrogen and oxygen atoms in total. The third-order valence-corrected chi connectivity index (χ3v) is 1.19. The summed E-state index contributed by atoms with van der Waals surface area (Å²) in [7, 11) is 0. The zero-order valence-electron chi connectivity index (χ0n) is 5.30. The van der Waals surface area contributed by atoms with Crippen LogP contribution in [-0.4, -0.2) is 6.54 Å². The predicted molar refractivity (Wildman–Crippen MR) is 38.3 cm³/mol. The molecule has 0 aromatic rings. The third kappa shape index (κ3) is 1.90. The van der Waals surface area contributed by atoms with Crippen LogP contribution in [0.15, 0.2) is 24.4 Å². The Morgan fingerprint density at radius 2 is 2.33 bits per heavy atom. The number of dihydropyridines is 1. The van der Waals surface area contributed by atoms with Gasteiger partial charge in [-0.05, 0) is 25.2 Å². The second-order valence-electron chi connectivity index (χ2n) is 1.93. The van der Waals surface area contributed by atoms with Crippen molar-refractivity contribution in [1.29, 1.82) is 0 Å². The van der Waals surface area contributed by atoms with E-state index in [2.05, 4.69) is 5.32 Å². The van der Waals surface area contributed by atoms with Gasteiger partial charge in [0.25, 0.3) is 0 Å². The van der Waals surface area contributed by atoms with Crippen LogP contribution < -0.4 is 11.1 Å². The van der Waals surface area contributed by atoms with E-state index < -0.39 is 0 Å². The molecule has 0 spiro atoms. The molecule has 0 unspecified atom stereocenters. The zero-order chi connectivity index (χ0) is 6.53. The Balaban J connectivity index is 2.28. The molecule has 0 aromatic heterocycles. The SMILES string of the molecule is NCC[C]1C=CC=CN1. The first-order valence-electron chi connectivity index (χ1n) is 3.09. The van der Waals surface area contributed by atoms with Gasteiger partial charge in [-0.2, -0.15) is 0 Å². The molecular weight excluding hydrogens is 112 g/mol. The standard InChI is InChI=1S/C7H11N2/c8-5-4-7-3-1-2-6-9-7/h1-3,6,9H,4-5,8H2. The van der Waals surface area contributed by atoms with Crippen molar-refractivity contribution in [3.05, 3.63) is 30.5 Å². The smallest absolute Gasteiger partial charge is 0.0833 e. The van der Waals surface area contributed by atoms with Gasteiger partial charge in [-0.1, -0.05) is 12.2 Å². The van der Waals surface area contributed by atoms with E-state index in [-0.39, 0.29) is 0 Å². The van der Waals surface area contributed by atoms with Crippen LogP contribution in [-0.2, 0) is 0 Å². The molecule has 9 heavy (non-hydrogen) atoms. The van der Waals surface area contributed by atoms with E-state index in [4.69, 9.17) is 5.73 Å². The van der Waals surface area contributed by atoms with Crippen molar-refractivity contribution in [3.8, 4) is 0 Å². The van der Waals surface area contributed by atoms with Gasteiger partial charge in [-0.3, -0.25) is 0 Å². The fraction of sp³-hybridized carbons (Fsp3) is 0.286. The molecule has 0 bridgehead atoms. The second-order valence-corrected chi connectivity index (χ2v) is 1.93. The van der Waals surface area contributed by atoms with Gasteiger partial charge in [0.15, 0.2) is 0 Å². The van der Waals surface area contributed by atoms with E-state index in [1.54, 1.807) is 0 Å². The summed E-state index contributed by atoms with van der Waals surface area (Å²) in [4.78, 5) is 0. The van der Waals surface area contributed by atoms with Gasteiger partial charge in [-0.25, -0.2) is 0 Å². The van der Waals surface area contributed by atoms with Gasteiger partial charge in [0, 0.05) is 0 Å². The summed E-state index contributed by atoms with van der Waals surface area (Å²) in [5.74, 6) is 0. The van der Waals surface area contributed by atoms with Crippen LogP contribution in [0.25, 0.3) is 0 Å². The summed E-state index contributed by atoms with van der Waals surface area (Å²) in [5.41, 5.74) is 5.34. The number of nitrogens with one attached hydrogen (secondary N) is 1. The fourth-order valence-electron chi connectivity index (χ4n) is 0.742. The Morgan fingerprint density at radius 3 is 2.89 bits per heavy atom. The fourth-order valence-corrected chi connectivity index (χ4v) is 0.742.